The van der Waals surface area contributed by atoms with E-state index in [2.05, 4.69) is 31.6 Å². The van der Waals surface area contributed by atoms with E-state index in [4.69, 9.17) is 15.2 Å². The molecule has 2 aliphatic rings. The van der Waals surface area contributed by atoms with Gasteiger partial charge in [0.1, 0.15) is 11.9 Å². The number of nitrogen functional groups attached to an aromatic ring is 1. The zero-order valence-electron chi connectivity index (χ0n) is 22.5. The molecule has 4 aromatic rings. The molecule has 39 heavy (non-hydrogen) atoms. The summed E-state index contributed by atoms with van der Waals surface area (Å²) in [4.78, 5) is 16.4. The van der Waals surface area contributed by atoms with Gasteiger partial charge in [0.15, 0.2) is 0 Å². The van der Waals surface area contributed by atoms with E-state index in [1.165, 1.54) is 6.42 Å². The summed E-state index contributed by atoms with van der Waals surface area (Å²) in [5.41, 5.74) is 11.4. The third-order valence-corrected chi connectivity index (χ3v) is 8.08. The lowest BCUT2D eigenvalue weighted by Gasteiger charge is -2.30. The van der Waals surface area contributed by atoms with E-state index < -0.39 is 6.09 Å². The van der Waals surface area contributed by atoms with Crippen molar-refractivity contribution in [3.63, 3.8) is 0 Å². The average molecular weight is 528 g/mol. The maximum atomic E-state index is 12.3. The molecule has 6 rings (SSSR count). The smallest absolute Gasteiger partial charge is 0.411 e. The van der Waals surface area contributed by atoms with E-state index in [0.29, 0.717) is 24.3 Å². The molecule has 0 saturated heterocycles. The summed E-state index contributed by atoms with van der Waals surface area (Å²) in [5, 5.41) is 3.90. The van der Waals surface area contributed by atoms with Crippen molar-refractivity contribution in [3.8, 4) is 17.0 Å². The molecule has 2 aromatic heterocycles. The van der Waals surface area contributed by atoms with Gasteiger partial charge in [-0.3, -0.25) is 5.32 Å². The third kappa shape index (κ3) is 5.60. The van der Waals surface area contributed by atoms with Crippen LogP contribution in [0.4, 0.5) is 16.2 Å². The summed E-state index contributed by atoms with van der Waals surface area (Å²) in [6, 6.07) is 14.5. The van der Waals surface area contributed by atoms with Crippen LogP contribution in [0.25, 0.3) is 22.2 Å². The fourth-order valence-corrected chi connectivity index (χ4v) is 5.42. The number of aryl methyl sites for hydroxylation is 1. The van der Waals surface area contributed by atoms with Crippen molar-refractivity contribution in [2.75, 3.05) is 17.7 Å². The van der Waals surface area contributed by atoms with Gasteiger partial charge in [0.05, 0.1) is 29.8 Å². The minimum absolute atomic E-state index is 0.0431. The molecule has 2 aromatic carbocycles. The van der Waals surface area contributed by atoms with Crippen LogP contribution in [0.1, 0.15) is 57.9 Å². The average Bonchev–Trinajstić information content (AvgIpc) is 3.56. The van der Waals surface area contributed by atoms with Gasteiger partial charge in [0.25, 0.3) is 0 Å². The number of carbonyl (C=O) groups is 1. The van der Waals surface area contributed by atoms with Crippen LogP contribution in [0.2, 0.25) is 0 Å². The lowest BCUT2D eigenvalue weighted by Crippen LogP contribution is -2.21. The molecule has 2 heterocycles. The number of carbonyl (C=O) groups excluding carboxylic acids is 1. The third-order valence-electron chi connectivity index (χ3n) is 8.08. The van der Waals surface area contributed by atoms with Gasteiger partial charge in [0.2, 0.25) is 0 Å². The number of hydrogen-bond acceptors (Lipinski definition) is 5. The summed E-state index contributed by atoms with van der Waals surface area (Å²) in [6.07, 6.45) is 13.0. The van der Waals surface area contributed by atoms with Crippen LogP contribution < -0.4 is 15.8 Å². The first kappa shape index (κ1) is 25.3. The second kappa shape index (κ2) is 11.0. The van der Waals surface area contributed by atoms with E-state index in [-0.39, 0.29) is 6.10 Å². The maximum Gasteiger partial charge on any atom is 0.411 e. The first-order valence-corrected chi connectivity index (χ1v) is 14.2. The van der Waals surface area contributed by atoms with Crippen molar-refractivity contribution in [3.05, 3.63) is 61.2 Å². The molecule has 2 saturated carbocycles. The van der Waals surface area contributed by atoms with Crippen LogP contribution in [0.15, 0.2) is 61.2 Å². The Morgan fingerprint density at radius 2 is 1.95 bits per heavy atom. The molecular weight excluding hydrogens is 490 g/mol. The minimum Gasteiger partial charge on any atom is -0.494 e. The van der Waals surface area contributed by atoms with Gasteiger partial charge < -0.3 is 24.3 Å². The molecule has 8 heteroatoms. The van der Waals surface area contributed by atoms with Crippen LogP contribution in [0.5, 0.6) is 5.75 Å². The number of rotatable bonds is 11. The Balaban J connectivity index is 1.18. The Hall–Kier alpha value is -3.94. The molecule has 1 unspecified atom stereocenters. The van der Waals surface area contributed by atoms with Gasteiger partial charge in [-0.15, -0.1) is 0 Å². The molecule has 1 atom stereocenters. The van der Waals surface area contributed by atoms with Gasteiger partial charge in [-0.2, -0.15) is 0 Å². The molecular formula is C31H37N5O3. The van der Waals surface area contributed by atoms with E-state index in [9.17, 15) is 4.79 Å². The zero-order valence-corrected chi connectivity index (χ0v) is 22.5. The number of nitrogens with two attached hydrogens (primary N) is 1. The molecule has 2 fully saturated rings. The summed E-state index contributed by atoms with van der Waals surface area (Å²) in [5.74, 6) is 1.38. The highest BCUT2D eigenvalue weighted by atomic mass is 16.6. The van der Waals surface area contributed by atoms with E-state index in [1.807, 2.05) is 49.8 Å². The van der Waals surface area contributed by atoms with Crippen molar-refractivity contribution < 1.29 is 14.3 Å². The summed E-state index contributed by atoms with van der Waals surface area (Å²) in [7, 11) is 0. The predicted octanol–water partition coefficient (Wildman–Crippen LogP) is 7.02. The fourth-order valence-electron chi connectivity index (χ4n) is 5.42. The van der Waals surface area contributed by atoms with Crippen LogP contribution in [0, 0.1) is 5.92 Å². The van der Waals surface area contributed by atoms with Crippen LogP contribution in [-0.4, -0.2) is 32.9 Å². The molecule has 0 bridgehead atoms. The lowest BCUT2D eigenvalue weighted by molar-refractivity contribution is 0.108. The largest absolute Gasteiger partial charge is 0.494 e. The number of benzene rings is 2. The topological polar surface area (TPSA) is 96.3 Å². The SMILES string of the molecule is CC(OC(=O)Nc1ccc(-c2c(N)c3ccc(OCCCCn4ccnc4)cc3n2C2CCC2)cc1)C1CC1. The number of anilines is 2. The summed E-state index contributed by atoms with van der Waals surface area (Å²) >= 11 is 0. The molecule has 204 valence electrons. The summed E-state index contributed by atoms with van der Waals surface area (Å²) < 4.78 is 16.1. The van der Waals surface area contributed by atoms with Gasteiger partial charge >= 0.3 is 6.09 Å². The van der Waals surface area contributed by atoms with Gasteiger partial charge in [-0.25, -0.2) is 9.78 Å². The van der Waals surface area contributed by atoms with Crippen molar-refractivity contribution in [1.29, 1.82) is 0 Å². The molecule has 3 N–H and O–H groups in total. The number of imidazole rings is 1. The molecule has 0 radical (unpaired) electrons. The number of nitrogens with zero attached hydrogens (tertiary/aromatic N) is 3. The van der Waals surface area contributed by atoms with Crippen LogP contribution in [0.3, 0.4) is 0 Å². The molecule has 0 spiro atoms. The van der Waals surface area contributed by atoms with Gasteiger partial charge in [-0.05, 0) is 82.1 Å². The fraction of sp³-hybridized carbons (Fsp3) is 0.419. The first-order valence-electron chi connectivity index (χ1n) is 14.2. The highest BCUT2D eigenvalue weighted by Crippen LogP contribution is 2.45. The Bertz CT molecular complexity index is 1420. The maximum absolute atomic E-state index is 12.3. The number of nitrogens with one attached hydrogen (secondary N) is 1. The van der Waals surface area contributed by atoms with Crippen molar-refractivity contribution in [2.45, 2.75) is 70.6 Å². The molecule has 0 aliphatic heterocycles. The minimum atomic E-state index is -0.403. The monoisotopic (exact) mass is 527 g/mol. The van der Waals surface area contributed by atoms with Crippen molar-refractivity contribution in [2.24, 2.45) is 5.92 Å². The Morgan fingerprint density at radius 3 is 2.64 bits per heavy atom. The molecule has 2 aliphatic carbocycles. The highest BCUT2D eigenvalue weighted by Gasteiger charge is 2.31. The summed E-state index contributed by atoms with van der Waals surface area (Å²) in [6.45, 7) is 3.58. The van der Waals surface area contributed by atoms with E-state index in [0.717, 1.165) is 78.7 Å². The standard InChI is InChI=1S/C31H37N5O3/c1-21(22-7-8-22)39-31(37)34-24-11-9-23(10-12-24)30-29(32)27-14-13-26(19-28(27)36(30)25-5-4-6-25)38-18-3-2-16-35-17-15-33-20-35/h9-15,17,19-22,25H,2-8,16,18,32H2,1H3,(H,34,37). The Kier molecular flexibility index (Phi) is 7.18. The first-order chi connectivity index (χ1) is 19.1. The highest BCUT2D eigenvalue weighted by molar-refractivity contribution is 6.01. The number of fused-ring (bicyclic) bond motifs is 1. The van der Waals surface area contributed by atoms with Crippen molar-refractivity contribution >= 4 is 28.4 Å². The quantitative estimate of drug-likeness (QED) is 0.204. The van der Waals surface area contributed by atoms with Gasteiger partial charge in [-0.1, -0.05) is 12.1 Å². The Labute approximate surface area is 229 Å². The number of hydrogen-bond donors (Lipinski definition) is 2. The number of ether oxygens (including phenoxy) is 2. The molecule has 8 nitrogen and oxygen atoms in total. The zero-order chi connectivity index (χ0) is 26.8. The van der Waals surface area contributed by atoms with Gasteiger partial charge in [0, 0.05) is 47.7 Å². The molecule has 1 amide bonds. The van der Waals surface area contributed by atoms with E-state index in [1.54, 1.807) is 6.20 Å². The second-order valence-electron chi connectivity index (χ2n) is 10.9. The van der Waals surface area contributed by atoms with Crippen molar-refractivity contribution in [1.82, 2.24) is 14.1 Å². The lowest BCUT2D eigenvalue weighted by atomic mass is 9.92. The number of unbranched alkanes of at least 4 members (excludes halogenated alkanes) is 1. The number of aromatic nitrogens is 3. The van der Waals surface area contributed by atoms with E-state index >= 15 is 0 Å². The number of amides is 1. The van der Waals surface area contributed by atoms with Crippen LogP contribution >= 0.6 is 0 Å². The van der Waals surface area contributed by atoms with Crippen LogP contribution in [-0.2, 0) is 11.3 Å². The normalized spacial score (nSPS) is 16.1. The Morgan fingerprint density at radius 1 is 1.13 bits per heavy atom. The predicted molar refractivity (Wildman–Crippen MR) is 154 cm³/mol. The second-order valence-corrected chi connectivity index (χ2v) is 10.9.